The molecule has 4 fully saturated rings. The molecular formula is C16H24N2O+2. The van der Waals surface area contributed by atoms with Crippen LogP contribution in [0.15, 0.2) is 24.3 Å². The van der Waals surface area contributed by atoms with E-state index in [1.807, 2.05) is 12.1 Å². The molecule has 1 aromatic carbocycles. The van der Waals surface area contributed by atoms with Crippen LogP contribution >= 0.6 is 0 Å². The van der Waals surface area contributed by atoms with Gasteiger partial charge in [0, 0.05) is 0 Å². The largest absolute Gasteiger partial charge is 0.507 e. The fourth-order valence-corrected chi connectivity index (χ4v) is 5.59. The first-order valence-electron chi connectivity index (χ1n) is 7.45. The molecule has 4 aliphatic rings. The van der Waals surface area contributed by atoms with E-state index < -0.39 is 0 Å². The molecule has 1 aromatic rings. The molecule has 0 spiro atoms. The van der Waals surface area contributed by atoms with Gasteiger partial charge in [-0.15, -0.1) is 0 Å². The van der Waals surface area contributed by atoms with E-state index in [1.54, 1.807) is 9.80 Å². The highest BCUT2D eigenvalue weighted by atomic mass is 16.3. The molecule has 0 aromatic heterocycles. The molecule has 4 bridgehead atoms. The van der Waals surface area contributed by atoms with Crippen LogP contribution in [-0.2, 0) is 0 Å². The van der Waals surface area contributed by atoms with E-state index in [9.17, 15) is 5.11 Å². The van der Waals surface area contributed by atoms with Gasteiger partial charge in [-0.1, -0.05) is 12.1 Å². The number of para-hydroxylation sites is 1. The molecule has 102 valence electrons. The number of hydrogen-bond acceptors (Lipinski definition) is 1. The highest BCUT2D eigenvalue weighted by molar-refractivity contribution is 5.32. The summed E-state index contributed by atoms with van der Waals surface area (Å²) in [6.07, 6.45) is 1.84. The van der Waals surface area contributed by atoms with Crippen molar-refractivity contribution in [1.82, 2.24) is 0 Å². The van der Waals surface area contributed by atoms with Gasteiger partial charge in [-0.25, -0.2) is 0 Å². The van der Waals surface area contributed by atoms with Crippen molar-refractivity contribution in [3.05, 3.63) is 29.8 Å². The van der Waals surface area contributed by atoms with Crippen LogP contribution in [0.4, 0.5) is 0 Å². The number of piperidine rings is 2. The summed E-state index contributed by atoms with van der Waals surface area (Å²) >= 11 is 0. The standard InChI is InChI=1S/C16H22N2O/c1-15-7-16(2)10-17(8-15)14(18(9-15)11-16)12-5-3-4-6-13(12)19/h3-6,14,19H,7-11H2,1-2H3/p+2. The number of phenols is 1. The number of benzene rings is 1. The molecule has 19 heavy (non-hydrogen) atoms. The third kappa shape index (κ3) is 1.65. The van der Waals surface area contributed by atoms with Crippen LogP contribution in [0.3, 0.4) is 0 Å². The third-order valence-corrected chi connectivity index (χ3v) is 5.53. The zero-order chi connectivity index (χ0) is 13.3. The van der Waals surface area contributed by atoms with Gasteiger partial charge in [-0.05, 0) is 32.4 Å². The molecule has 0 aliphatic carbocycles. The minimum absolute atomic E-state index is 0.447. The molecule has 0 saturated carbocycles. The zero-order valence-corrected chi connectivity index (χ0v) is 11.9. The average molecular weight is 260 g/mol. The molecule has 4 heterocycles. The minimum Gasteiger partial charge on any atom is -0.507 e. The second-order valence-electron chi connectivity index (χ2n) is 7.81. The fourth-order valence-electron chi connectivity index (χ4n) is 5.59. The lowest BCUT2D eigenvalue weighted by molar-refractivity contribution is -1.18. The van der Waals surface area contributed by atoms with E-state index in [4.69, 9.17) is 0 Å². The minimum atomic E-state index is 0.447. The van der Waals surface area contributed by atoms with Crippen molar-refractivity contribution < 1.29 is 14.9 Å². The van der Waals surface area contributed by atoms with E-state index >= 15 is 0 Å². The van der Waals surface area contributed by atoms with Gasteiger partial charge < -0.3 is 5.11 Å². The number of phenolic OH excluding ortho intramolecular Hbond substituents is 1. The quantitative estimate of drug-likeness (QED) is 0.630. The van der Waals surface area contributed by atoms with E-state index in [0.717, 1.165) is 5.56 Å². The van der Waals surface area contributed by atoms with Crippen molar-refractivity contribution in [3.63, 3.8) is 0 Å². The lowest BCUT2D eigenvalue weighted by atomic mass is 9.63. The van der Waals surface area contributed by atoms with E-state index in [1.165, 1.54) is 32.6 Å². The van der Waals surface area contributed by atoms with Crippen LogP contribution in [0.1, 0.15) is 32.0 Å². The van der Waals surface area contributed by atoms with Crippen LogP contribution in [0, 0.1) is 10.8 Å². The molecule has 4 aliphatic heterocycles. The zero-order valence-electron chi connectivity index (χ0n) is 11.9. The van der Waals surface area contributed by atoms with Gasteiger partial charge in [-0.3, -0.25) is 9.80 Å². The summed E-state index contributed by atoms with van der Waals surface area (Å²) in [4.78, 5) is 3.37. The summed E-state index contributed by atoms with van der Waals surface area (Å²) in [6.45, 7) is 10.0. The summed E-state index contributed by atoms with van der Waals surface area (Å²) < 4.78 is 0. The molecule has 5 rings (SSSR count). The van der Waals surface area contributed by atoms with E-state index in [0.29, 0.717) is 22.7 Å². The van der Waals surface area contributed by atoms with Crippen molar-refractivity contribution in [3.8, 4) is 5.75 Å². The van der Waals surface area contributed by atoms with Crippen molar-refractivity contribution in [2.75, 3.05) is 26.2 Å². The number of aromatic hydroxyl groups is 1. The Labute approximate surface area is 114 Å². The van der Waals surface area contributed by atoms with Crippen molar-refractivity contribution >= 4 is 0 Å². The molecular weight excluding hydrogens is 236 g/mol. The monoisotopic (exact) mass is 260 g/mol. The lowest BCUT2D eigenvalue weighted by Crippen LogP contribution is -3.40. The first kappa shape index (κ1) is 11.7. The smallest absolute Gasteiger partial charge is 0.243 e. The van der Waals surface area contributed by atoms with Gasteiger partial charge in [0.2, 0.25) is 6.17 Å². The Hall–Kier alpha value is -1.06. The third-order valence-electron chi connectivity index (χ3n) is 5.53. The molecule has 3 nitrogen and oxygen atoms in total. The topological polar surface area (TPSA) is 29.1 Å². The number of quaternary nitrogens is 2. The maximum atomic E-state index is 10.2. The average Bonchev–Trinajstić information content (AvgIpc) is 2.27. The number of nitrogens with one attached hydrogen (secondary N) is 2. The van der Waals surface area contributed by atoms with Gasteiger partial charge in [-0.2, -0.15) is 0 Å². The maximum Gasteiger partial charge on any atom is 0.243 e. The van der Waals surface area contributed by atoms with Crippen molar-refractivity contribution in [2.45, 2.75) is 26.4 Å². The normalized spacial score (nSPS) is 47.6. The Morgan fingerprint density at radius 3 is 2.05 bits per heavy atom. The van der Waals surface area contributed by atoms with Crippen LogP contribution in [-0.4, -0.2) is 31.3 Å². The van der Waals surface area contributed by atoms with Crippen LogP contribution < -0.4 is 9.80 Å². The Bertz CT molecular complexity index is 491. The summed E-state index contributed by atoms with van der Waals surface area (Å²) in [5.74, 6) is 0.482. The summed E-state index contributed by atoms with van der Waals surface area (Å²) in [5.41, 5.74) is 2.17. The Balaban J connectivity index is 1.76. The molecule has 0 unspecified atom stereocenters. The predicted octanol–water partition coefficient (Wildman–Crippen LogP) is -0.396. The lowest BCUT2D eigenvalue weighted by Gasteiger charge is -2.60. The highest BCUT2D eigenvalue weighted by Crippen LogP contribution is 2.39. The Morgan fingerprint density at radius 2 is 1.53 bits per heavy atom. The van der Waals surface area contributed by atoms with E-state index in [2.05, 4.69) is 26.0 Å². The molecule has 0 radical (unpaired) electrons. The Kier molecular flexibility index (Phi) is 2.18. The van der Waals surface area contributed by atoms with Gasteiger partial charge in [0.25, 0.3) is 0 Å². The van der Waals surface area contributed by atoms with Crippen LogP contribution in [0.5, 0.6) is 5.75 Å². The van der Waals surface area contributed by atoms with Gasteiger partial charge >= 0.3 is 0 Å². The molecule has 4 saturated heterocycles. The molecule has 0 amide bonds. The first-order chi connectivity index (χ1) is 8.98. The SMILES string of the molecule is CC12C[NH+]3CC(C)(C[NH+](C1)C3c1ccccc1O)C2. The maximum absolute atomic E-state index is 10.2. The van der Waals surface area contributed by atoms with Gasteiger partial charge in [0.05, 0.1) is 37.0 Å². The summed E-state index contributed by atoms with van der Waals surface area (Å²) in [6, 6.07) is 7.94. The second-order valence-corrected chi connectivity index (χ2v) is 7.81. The summed E-state index contributed by atoms with van der Waals surface area (Å²) in [5, 5.41) is 10.2. The molecule has 3 heteroatoms. The fraction of sp³-hybridized carbons (Fsp3) is 0.625. The number of rotatable bonds is 1. The van der Waals surface area contributed by atoms with Crippen molar-refractivity contribution in [2.24, 2.45) is 10.8 Å². The number of hydrogen-bond donors (Lipinski definition) is 3. The summed E-state index contributed by atoms with van der Waals surface area (Å²) in [7, 11) is 0. The first-order valence-corrected chi connectivity index (χ1v) is 7.45. The second kappa shape index (κ2) is 3.53. The van der Waals surface area contributed by atoms with E-state index in [-0.39, 0.29) is 0 Å². The van der Waals surface area contributed by atoms with Crippen LogP contribution in [0.25, 0.3) is 0 Å². The van der Waals surface area contributed by atoms with Gasteiger partial charge in [0.1, 0.15) is 11.3 Å². The highest BCUT2D eigenvalue weighted by Gasteiger charge is 2.63. The van der Waals surface area contributed by atoms with Crippen molar-refractivity contribution in [1.29, 1.82) is 0 Å². The predicted molar refractivity (Wildman–Crippen MR) is 73.1 cm³/mol. The Morgan fingerprint density at radius 1 is 1.00 bits per heavy atom. The molecule has 0 atom stereocenters. The van der Waals surface area contributed by atoms with Crippen LogP contribution in [0.2, 0.25) is 0 Å². The van der Waals surface area contributed by atoms with Gasteiger partial charge in [0.15, 0.2) is 0 Å². The molecule has 3 N–H and O–H groups in total.